The molecule has 0 radical (unpaired) electrons. The Morgan fingerprint density at radius 3 is 2.52 bits per heavy atom. The fraction of sp³-hybridized carbons (Fsp3) is 0.409. The smallest absolute Gasteiger partial charge is 0.276 e. The molecule has 1 aromatic carbocycles. The van der Waals surface area contributed by atoms with Crippen LogP contribution in [-0.4, -0.2) is 38.7 Å². The first-order valence-electron chi connectivity index (χ1n) is 9.87. The summed E-state index contributed by atoms with van der Waals surface area (Å²) < 4.78 is 16.5. The zero-order valence-corrected chi connectivity index (χ0v) is 17.4. The lowest BCUT2D eigenvalue weighted by Gasteiger charge is -2.16. The van der Waals surface area contributed by atoms with Crippen molar-refractivity contribution in [2.75, 3.05) is 13.6 Å². The lowest BCUT2D eigenvalue weighted by atomic mass is 10.2. The third kappa shape index (κ3) is 4.23. The number of benzene rings is 1. The van der Waals surface area contributed by atoms with Crippen LogP contribution in [0.25, 0.3) is 10.8 Å². The van der Waals surface area contributed by atoms with Crippen molar-refractivity contribution in [3.63, 3.8) is 0 Å². The Labute approximate surface area is 169 Å². The van der Waals surface area contributed by atoms with Gasteiger partial charge in [0.2, 0.25) is 5.91 Å². The van der Waals surface area contributed by atoms with Crippen LogP contribution in [0, 0.1) is 19.7 Å². The molecule has 29 heavy (non-hydrogen) atoms. The molecule has 0 saturated heterocycles. The third-order valence-corrected chi connectivity index (χ3v) is 5.42. The van der Waals surface area contributed by atoms with Crippen LogP contribution < -0.4 is 5.56 Å². The van der Waals surface area contributed by atoms with Gasteiger partial charge in [0.05, 0.1) is 11.6 Å². The maximum Gasteiger partial charge on any atom is 0.276 e. The van der Waals surface area contributed by atoms with Gasteiger partial charge in [0.15, 0.2) is 0 Å². The van der Waals surface area contributed by atoms with Gasteiger partial charge in [-0.15, -0.1) is 0 Å². The first kappa shape index (κ1) is 20.8. The highest BCUT2D eigenvalue weighted by molar-refractivity contribution is 5.87. The largest absolute Gasteiger partial charge is 0.344 e. The van der Waals surface area contributed by atoms with Crippen molar-refractivity contribution < 1.29 is 9.18 Å². The molecule has 2 aromatic heterocycles. The van der Waals surface area contributed by atoms with Crippen LogP contribution in [0.15, 0.2) is 35.3 Å². The quantitative estimate of drug-likeness (QED) is 0.614. The average molecular weight is 398 g/mol. The van der Waals surface area contributed by atoms with Gasteiger partial charge in [-0.2, -0.15) is 5.10 Å². The molecule has 154 valence electrons. The summed E-state index contributed by atoms with van der Waals surface area (Å²) in [6.45, 7) is 7.02. The Hall–Kier alpha value is -2.96. The number of nitrogens with zero attached hydrogens (tertiary/aromatic N) is 4. The number of aromatic nitrogens is 3. The van der Waals surface area contributed by atoms with Crippen LogP contribution in [0.2, 0.25) is 0 Å². The van der Waals surface area contributed by atoms with Crippen molar-refractivity contribution in [1.82, 2.24) is 19.2 Å². The van der Waals surface area contributed by atoms with Crippen molar-refractivity contribution in [3.8, 4) is 0 Å². The highest BCUT2D eigenvalue weighted by atomic mass is 19.1. The molecule has 0 bridgehead atoms. The SMILES string of the molecule is CCCCN(C)C(=O)Cn1ncc2c(C)n(Cc3ccc(F)cc3)c(C)c2c1=O. The van der Waals surface area contributed by atoms with Crippen LogP contribution >= 0.6 is 0 Å². The Morgan fingerprint density at radius 1 is 1.17 bits per heavy atom. The predicted octanol–water partition coefficient (Wildman–Crippen LogP) is 3.26. The molecule has 0 atom stereocenters. The van der Waals surface area contributed by atoms with E-state index in [9.17, 15) is 14.0 Å². The summed E-state index contributed by atoms with van der Waals surface area (Å²) in [5.41, 5.74) is 2.41. The van der Waals surface area contributed by atoms with Gasteiger partial charge in [-0.3, -0.25) is 9.59 Å². The molecule has 0 unspecified atom stereocenters. The third-order valence-electron chi connectivity index (χ3n) is 5.42. The Bertz CT molecular complexity index is 1080. The number of rotatable bonds is 7. The van der Waals surface area contributed by atoms with Crippen LogP contribution in [-0.2, 0) is 17.9 Å². The van der Waals surface area contributed by atoms with Gasteiger partial charge in [-0.25, -0.2) is 9.07 Å². The lowest BCUT2D eigenvalue weighted by Crippen LogP contribution is -2.35. The number of unbranched alkanes of at least 4 members (excludes halogenated alkanes) is 1. The molecule has 1 amide bonds. The molecule has 6 nitrogen and oxygen atoms in total. The highest BCUT2D eigenvalue weighted by Gasteiger charge is 2.18. The Kier molecular flexibility index (Phi) is 6.15. The van der Waals surface area contributed by atoms with E-state index >= 15 is 0 Å². The molecule has 7 heteroatoms. The number of carbonyl (C=O) groups excluding carboxylic acids is 1. The second kappa shape index (κ2) is 8.59. The molecule has 3 rings (SSSR count). The number of hydrogen-bond acceptors (Lipinski definition) is 3. The fourth-order valence-electron chi connectivity index (χ4n) is 3.54. The first-order chi connectivity index (χ1) is 13.8. The van der Waals surface area contributed by atoms with E-state index in [0.29, 0.717) is 18.5 Å². The molecule has 0 aliphatic rings. The van der Waals surface area contributed by atoms with E-state index < -0.39 is 0 Å². The molecular formula is C22H27FN4O2. The van der Waals surface area contributed by atoms with Crippen molar-refractivity contribution in [2.24, 2.45) is 0 Å². The fourth-order valence-corrected chi connectivity index (χ4v) is 3.54. The number of aryl methyl sites for hydroxylation is 2. The standard InChI is InChI=1S/C22H27FN4O2/c1-5-6-11-25(4)20(28)14-27-22(29)21-16(3)26(15(2)19(21)12-24-27)13-17-7-9-18(23)10-8-17/h7-10,12H,5-6,11,13-14H2,1-4H3. The summed E-state index contributed by atoms with van der Waals surface area (Å²) >= 11 is 0. The molecule has 3 aromatic rings. The van der Waals surface area contributed by atoms with Crippen LogP contribution in [0.4, 0.5) is 4.39 Å². The minimum absolute atomic E-state index is 0.0728. The number of fused-ring (bicyclic) bond motifs is 1. The van der Waals surface area contributed by atoms with Crippen LogP contribution in [0.3, 0.4) is 0 Å². The highest BCUT2D eigenvalue weighted by Crippen LogP contribution is 2.23. The van der Waals surface area contributed by atoms with Crippen molar-refractivity contribution in [3.05, 3.63) is 63.6 Å². The van der Waals surface area contributed by atoms with Gasteiger partial charge < -0.3 is 9.47 Å². The molecule has 0 saturated carbocycles. The zero-order valence-electron chi connectivity index (χ0n) is 17.4. The van der Waals surface area contributed by atoms with Gasteiger partial charge in [-0.05, 0) is 38.0 Å². The van der Waals surface area contributed by atoms with Crippen molar-refractivity contribution in [1.29, 1.82) is 0 Å². The molecule has 0 N–H and O–H groups in total. The number of amides is 1. The van der Waals surface area contributed by atoms with Crippen molar-refractivity contribution >= 4 is 16.7 Å². The lowest BCUT2D eigenvalue weighted by molar-refractivity contribution is -0.130. The predicted molar refractivity (Wildman–Crippen MR) is 112 cm³/mol. The van der Waals surface area contributed by atoms with Crippen LogP contribution in [0.5, 0.6) is 0 Å². The number of likely N-dealkylation sites (N-methyl/N-ethyl adjacent to an activating group) is 1. The molecular weight excluding hydrogens is 371 g/mol. The Morgan fingerprint density at radius 2 is 1.86 bits per heavy atom. The number of hydrogen-bond donors (Lipinski definition) is 0. The minimum Gasteiger partial charge on any atom is -0.344 e. The van der Waals surface area contributed by atoms with Crippen molar-refractivity contribution in [2.45, 2.75) is 46.7 Å². The normalized spacial score (nSPS) is 11.2. The summed E-state index contributed by atoms with van der Waals surface area (Å²) in [5.74, 6) is -0.409. The summed E-state index contributed by atoms with van der Waals surface area (Å²) in [6, 6.07) is 6.33. The topological polar surface area (TPSA) is 60.1 Å². The summed E-state index contributed by atoms with van der Waals surface area (Å²) in [6.07, 6.45) is 3.58. The molecule has 0 aliphatic heterocycles. The molecule has 0 aliphatic carbocycles. The second-order valence-electron chi connectivity index (χ2n) is 7.45. The second-order valence-corrected chi connectivity index (χ2v) is 7.45. The van der Waals surface area contributed by atoms with E-state index in [2.05, 4.69) is 12.0 Å². The zero-order chi connectivity index (χ0) is 21.1. The minimum atomic E-state index is -0.277. The van der Waals surface area contributed by atoms with E-state index in [1.807, 2.05) is 18.4 Å². The van der Waals surface area contributed by atoms with Gasteiger partial charge in [0.25, 0.3) is 5.56 Å². The number of halogens is 1. The Balaban J connectivity index is 1.94. The van der Waals surface area contributed by atoms with Gasteiger partial charge >= 0.3 is 0 Å². The summed E-state index contributed by atoms with van der Waals surface area (Å²) in [7, 11) is 1.75. The molecule has 0 spiro atoms. The number of carbonyl (C=O) groups is 1. The van der Waals surface area contributed by atoms with E-state index in [-0.39, 0.29) is 23.8 Å². The van der Waals surface area contributed by atoms with E-state index in [1.165, 1.54) is 16.8 Å². The first-order valence-corrected chi connectivity index (χ1v) is 9.87. The summed E-state index contributed by atoms with van der Waals surface area (Å²) in [5, 5.41) is 5.59. The molecule has 2 heterocycles. The van der Waals surface area contributed by atoms with Gasteiger partial charge in [-0.1, -0.05) is 25.5 Å². The maximum atomic E-state index is 13.2. The average Bonchev–Trinajstić information content (AvgIpc) is 2.94. The monoisotopic (exact) mass is 398 g/mol. The van der Waals surface area contributed by atoms with Crippen LogP contribution in [0.1, 0.15) is 36.7 Å². The van der Waals surface area contributed by atoms with E-state index in [4.69, 9.17) is 0 Å². The van der Waals surface area contributed by atoms with E-state index in [1.54, 1.807) is 30.3 Å². The summed E-state index contributed by atoms with van der Waals surface area (Å²) in [4.78, 5) is 27.1. The van der Waals surface area contributed by atoms with Gasteiger partial charge in [0.1, 0.15) is 12.4 Å². The maximum absolute atomic E-state index is 13.2. The molecule has 0 fully saturated rings. The van der Waals surface area contributed by atoms with Gasteiger partial charge in [0, 0.05) is 36.9 Å². The van der Waals surface area contributed by atoms with E-state index in [0.717, 1.165) is 35.2 Å².